The molecule has 110 valence electrons. The molecule has 0 aliphatic heterocycles. The lowest BCUT2D eigenvalue weighted by atomic mass is 9.85. The number of carbonyl (C=O) groups is 1. The molecule has 2 rings (SSSR count). The first-order valence-electron chi connectivity index (χ1n) is 7.06. The average Bonchev–Trinajstić information content (AvgIpc) is 2.48. The van der Waals surface area contributed by atoms with Gasteiger partial charge < -0.3 is 15.7 Å². The van der Waals surface area contributed by atoms with Crippen molar-refractivity contribution in [3.8, 4) is 0 Å². The molecule has 1 saturated carbocycles. The fourth-order valence-electron chi connectivity index (χ4n) is 2.69. The molecule has 5 heteroatoms. The van der Waals surface area contributed by atoms with Crippen LogP contribution in [0.4, 0.5) is 10.5 Å². The first kappa shape index (κ1) is 15.2. The predicted molar refractivity (Wildman–Crippen MR) is 83.2 cm³/mol. The molecular formula is C15H22N2O2S. The van der Waals surface area contributed by atoms with Crippen LogP contribution in [0.1, 0.15) is 25.7 Å². The van der Waals surface area contributed by atoms with Crippen LogP contribution in [0, 0.1) is 5.92 Å². The molecule has 2 amide bonds. The van der Waals surface area contributed by atoms with Gasteiger partial charge in [0.05, 0.1) is 5.69 Å². The summed E-state index contributed by atoms with van der Waals surface area (Å²) < 4.78 is 0. The second-order valence-corrected chi connectivity index (χ2v) is 5.98. The first-order chi connectivity index (χ1) is 9.74. The maximum atomic E-state index is 12.1. The van der Waals surface area contributed by atoms with Gasteiger partial charge in [-0.15, -0.1) is 11.8 Å². The van der Waals surface area contributed by atoms with Crippen molar-refractivity contribution < 1.29 is 9.90 Å². The second-order valence-electron chi connectivity index (χ2n) is 5.13. The van der Waals surface area contributed by atoms with E-state index in [1.807, 2.05) is 30.5 Å². The highest BCUT2D eigenvalue weighted by Gasteiger charge is 2.25. The van der Waals surface area contributed by atoms with Gasteiger partial charge in [0.25, 0.3) is 0 Å². The van der Waals surface area contributed by atoms with E-state index in [2.05, 4.69) is 10.6 Å². The van der Waals surface area contributed by atoms with Crippen molar-refractivity contribution >= 4 is 23.5 Å². The van der Waals surface area contributed by atoms with Crippen LogP contribution in [0.5, 0.6) is 0 Å². The van der Waals surface area contributed by atoms with E-state index in [1.165, 1.54) is 0 Å². The lowest BCUT2D eigenvalue weighted by Gasteiger charge is -2.30. The van der Waals surface area contributed by atoms with Crippen molar-refractivity contribution in [2.75, 3.05) is 18.2 Å². The minimum Gasteiger partial charge on any atom is -0.396 e. The van der Waals surface area contributed by atoms with E-state index in [0.717, 1.165) is 36.3 Å². The maximum Gasteiger partial charge on any atom is 0.319 e. The maximum absolute atomic E-state index is 12.1. The molecule has 2 unspecified atom stereocenters. The highest BCUT2D eigenvalue weighted by Crippen LogP contribution is 2.26. The van der Waals surface area contributed by atoms with Gasteiger partial charge >= 0.3 is 6.03 Å². The van der Waals surface area contributed by atoms with Crippen LogP contribution < -0.4 is 10.6 Å². The zero-order valence-corrected chi connectivity index (χ0v) is 12.6. The number of thioether (sulfide) groups is 1. The summed E-state index contributed by atoms with van der Waals surface area (Å²) in [5.41, 5.74) is 0.828. The van der Waals surface area contributed by atoms with Gasteiger partial charge in [-0.2, -0.15) is 0 Å². The minimum atomic E-state index is -0.183. The first-order valence-corrected chi connectivity index (χ1v) is 8.28. The Hall–Kier alpha value is -1.20. The number of rotatable bonds is 4. The number of anilines is 1. The van der Waals surface area contributed by atoms with Crippen LogP contribution in [-0.4, -0.2) is 30.0 Å². The molecule has 0 saturated heterocycles. The molecule has 1 fully saturated rings. The van der Waals surface area contributed by atoms with Gasteiger partial charge in [-0.25, -0.2) is 4.79 Å². The lowest BCUT2D eigenvalue weighted by Crippen LogP contribution is -2.45. The van der Waals surface area contributed by atoms with E-state index in [-0.39, 0.29) is 24.6 Å². The molecule has 0 radical (unpaired) electrons. The van der Waals surface area contributed by atoms with Crippen molar-refractivity contribution in [1.82, 2.24) is 5.32 Å². The summed E-state index contributed by atoms with van der Waals surface area (Å²) in [5, 5.41) is 15.3. The third-order valence-electron chi connectivity index (χ3n) is 3.82. The van der Waals surface area contributed by atoms with Gasteiger partial charge in [0.1, 0.15) is 0 Å². The molecule has 0 bridgehead atoms. The molecule has 0 spiro atoms. The smallest absolute Gasteiger partial charge is 0.319 e. The van der Waals surface area contributed by atoms with E-state index >= 15 is 0 Å². The van der Waals surface area contributed by atoms with Crippen LogP contribution in [0.25, 0.3) is 0 Å². The Morgan fingerprint density at radius 3 is 2.85 bits per heavy atom. The Labute approximate surface area is 124 Å². The van der Waals surface area contributed by atoms with E-state index in [0.29, 0.717) is 0 Å². The highest BCUT2D eigenvalue weighted by molar-refractivity contribution is 7.98. The summed E-state index contributed by atoms with van der Waals surface area (Å²) in [7, 11) is 0. The van der Waals surface area contributed by atoms with Crippen LogP contribution in [0.2, 0.25) is 0 Å². The number of urea groups is 1. The number of benzene rings is 1. The Balaban J connectivity index is 1.94. The SMILES string of the molecule is CSc1ccccc1NC(=O)NC1CCCCC1CO. The fraction of sp³-hybridized carbons (Fsp3) is 0.533. The molecule has 1 aromatic rings. The van der Waals surface area contributed by atoms with Crippen LogP contribution in [-0.2, 0) is 0 Å². The molecular weight excluding hydrogens is 272 g/mol. The lowest BCUT2D eigenvalue weighted by molar-refractivity contribution is 0.156. The fourth-order valence-corrected chi connectivity index (χ4v) is 3.24. The van der Waals surface area contributed by atoms with Crippen molar-refractivity contribution in [3.05, 3.63) is 24.3 Å². The molecule has 20 heavy (non-hydrogen) atoms. The standard InChI is InChI=1S/C15H22N2O2S/c1-20-14-9-5-4-8-13(14)17-15(19)16-12-7-3-2-6-11(12)10-18/h4-5,8-9,11-12,18H,2-3,6-7,10H2,1H3,(H2,16,17,19). The Kier molecular flexibility index (Phi) is 5.73. The van der Waals surface area contributed by atoms with Gasteiger partial charge in [0, 0.05) is 23.5 Å². The Bertz CT molecular complexity index is 453. The number of aliphatic hydroxyl groups excluding tert-OH is 1. The number of amides is 2. The van der Waals surface area contributed by atoms with Gasteiger partial charge in [-0.3, -0.25) is 0 Å². The van der Waals surface area contributed by atoms with E-state index in [4.69, 9.17) is 0 Å². The average molecular weight is 294 g/mol. The van der Waals surface area contributed by atoms with Crippen LogP contribution >= 0.6 is 11.8 Å². The molecule has 4 nitrogen and oxygen atoms in total. The van der Waals surface area contributed by atoms with Crippen molar-refractivity contribution in [2.45, 2.75) is 36.6 Å². The second kappa shape index (κ2) is 7.55. The number of carbonyl (C=O) groups excluding carboxylic acids is 1. The van der Waals surface area contributed by atoms with Gasteiger partial charge in [0.2, 0.25) is 0 Å². The summed E-state index contributed by atoms with van der Waals surface area (Å²) in [4.78, 5) is 13.1. The molecule has 1 aromatic carbocycles. The van der Waals surface area contributed by atoms with Gasteiger partial charge in [-0.1, -0.05) is 25.0 Å². The monoisotopic (exact) mass is 294 g/mol. The van der Waals surface area contributed by atoms with Gasteiger partial charge in [0.15, 0.2) is 0 Å². The summed E-state index contributed by atoms with van der Waals surface area (Å²) in [6.45, 7) is 0.145. The summed E-state index contributed by atoms with van der Waals surface area (Å²) in [6.07, 6.45) is 6.18. The van der Waals surface area contributed by atoms with Crippen molar-refractivity contribution in [1.29, 1.82) is 0 Å². The predicted octanol–water partition coefficient (Wildman–Crippen LogP) is 3.08. The number of nitrogens with one attached hydrogen (secondary N) is 2. The minimum absolute atomic E-state index is 0.0789. The molecule has 0 heterocycles. The number of hydrogen-bond donors (Lipinski definition) is 3. The van der Waals surface area contributed by atoms with Crippen molar-refractivity contribution in [2.24, 2.45) is 5.92 Å². The summed E-state index contributed by atoms with van der Waals surface area (Å²) in [6, 6.07) is 7.64. The summed E-state index contributed by atoms with van der Waals surface area (Å²) >= 11 is 1.61. The number of para-hydroxylation sites is 1. The van der Waals surface area contributed by atoms with Crippen molar-refractivity contribution in [3.63, 3.8) is 0 Å². The van der Waals surface area contributed by atoms with Gasteiger partial charge in [-0.05, 0) is 31.2 Å². The molecule has 2 atom stereocenters. The Morgan fingerprint density at radius 1 is 1.35 bits per heavy atom. The van der Waals surface area contributed by atoms with E-state index < -0.39 is 0 Å². The topological polar surface area (TPSA) is 61.4 Å². The molecule has 1 aliphatic carbocycles. The molecule has 0 aromatic heterocycles. The normalized spacial score (nSPS) is 22.3. The quantitative estimate of drug-likeness (QED) is 0.748. The van der Waals surface area contributed by atoms with E-state index in [9.17, 15) is 9.90 Å². The zero-order valence-electron chi connectivity index (χ0n) is 11.8. The summed E-state index contributed by atoms with van der Waals surface area (Å²) in [5.74, 6) is 0.185. The number of aliphatic hydroxyl groups is 1. The molecule has 3 N–H and O–H groups in total. The third-order valence-corrected chi connectivity index (χ3v) is 4.61. The largest absolute Gasteiger partial charge is 0.396 e. The highest BCUT2D eigenvalue weighted by atomic mass is 32.2. The zero-order chi connectivity index (χ0) is 14.4. The Morgan fingerprint density at radius 2 is 2.10 bits per heavy atom. The number of hydrogen-bond acceptors (Lipinski definition) is 3. The molecule has 1 aliphatic rings. The van der Waals surface area contributed by atoms with E-state index in [1.54, 1.807) is 11.8 Å². The third kappa shape index (κ3) is 3.90. The van der Waals surface area contributed by atoms with Crippen LogP contribution in [0.15, 0.2) is 29.2 Å². The van der Waals surface area contributed by atoms with Crippen LogP contribution in [0.3, 0.4) is 0 Å².